The van der Waals surface area contributed by atoms with Crippen molar-refractivity contribution in [2.24, 2.45) is 0 Å². The maximum absolute atomic E-state index is 5.38. The standard InChI is InChI=1S/C59H36N4/c1-3-14-37(15-4-1)38-26-28-39(29-27-38)40-30-32-43(33-31-40)58-60-57(42-17-5-2-6-18-42)61-59(62-58)50-35-34-41-16-7-10-21-46(41)56(50)63-51-25-13-24-49-47-22-11-12-23-48(47)53-45-20-9-8-19-44(45)36-52(63)55(53)54(49)51/h1-36H. The Balaban J connectivity index is 1.05. The number of hydrogen-bond acceptors (Lipinski definition) is 3. The molecule has 0 saturated carbocycles. The molecule has 11 aromatic carbocycles. The predicted octanol–water partition coefficient (Wildman–Crippen LogP) is 15.4. The van der Waals surface area contributed by atoms with Crippen LogP contribution in [-0.4, -0.2) is 19.5 Å². The first-order valence-corrected chi connectivity index (χ1v) is 21.4. The quantitative estimate of drug-likeness (QED) is 0.157. The fraction of sp³-hybridized carbons (Fsp3) is 0. The molecule has 4 nitrogen and oxygen atoms in total. The zero-order chi connectivity index (χ0) is 41.4. The predicted molar refractivity (Wildman–Crippen MR) is 263 cm³/mol. The molecule has 0 bridgehead atoms. The molecule has 0 unspecified atom stereocenters. The third kappa shape index (κ3) is 5.59. The second kappa shape index (κ2) is 14.1. The van der Waals surface area contributed by atoms with Gasteiger partial charge in [0.1, 0.15) is 0 Å². The molecule has 4 heteroatoms. The van der Waals surface area contributed by atoms with Crippen molar-refractivity contribution < 1.29 is 0 Å². The minimum Gasteiger partial charge on any atom is -0.308 e. The van der Waals surface area contributed by atoms with Gasteiger partial charge in [-0.05, 0) is 72.8 Å². The monoisotopic (exact) mass is 800 g/mol. The van der Waals surface area contributed by atoms with Crippen LogP contribution in [0, 0.1) is 0 Å². The first kappa shape index (κ1) is 35.3. The topological polar surface area (TPSA) is 43.6 Å². The van der Waals surface area contributed by atoms with E-state index >= 15 is 0 Å². The molecule has 13 rings (SSSR count). The lowest BCUT2D eigenvalue weighted by molar-refractivity contribution is 1.07. The summed E-state index contributed by atoms with van der Waals surface area (Å²) < 4.78 is 2.48. The Kier molecular flexibility index (Phi) is 7.87. The van der Waals surface area contributed by atoms with E-state index in [9.17, 15) is 0 Å². The van der Waals surface area contributed by atoms with Gasteiger partial charge in [-0.3, -0.25) is 0 Å². The maximum atomic E-state index is 5.38. The van der Waals surface area contributed by atoms with Crippen molar-refractivity contribution >= 4 is 64.9 Å². The lowest BCUT2D eigenvalue weighted by Gasteiger charge is -2.17. The van der Waals surface area contributed by atoms with Crippen molar-refractivity contribution in [3.05, 3.63) is 218 Å². The van der Waals surface area contributed by atoms with Crippen LogP contribution in [0.5, 0.6) is 0 Å². The fourth-order valence-corrected chi connectivity index (χ4v) is 9.88. The molecular formula is C59H36N4. The van der Waals surface area contributed by atoms with Crippen LogP contribution in [0.15, 0.2) is 218 Å². The van der Waals surface area contributed by atoms with E-state index in [0.29, 0.717) is 17.5 Å². The van der Waals surface area contributed by atoms with Gasteiger partial charge in [0, 0.05) is 38.2 Å². The van der Waals surface area contributed by atoms with Crippen LogP contribution in [0.3, 0.4) is 0 Å². The molecule has 0 aliphatic rings. The summed E-state index contributed by atoms with van der Waals surface area (Å²) in [6, 6.07) is 78.0. The van der Waals surface area contributed by atoms with Crippen molar-refractivity contribution in [2.75, 3.05) is 0 Å². The summed E-state index contributed by atoms with van der Waals surface area (Å²) in [4.78, 5) is 15.9. The van der Waals surface area contributed by atoms with Crippen LogP contribution in [0.1, 0.15) is 0 Å². The normalized spacial score (nSPS) is 11.8. The Morgan fingerprint density at radius 3 is 1.43 bits per heavy atom. The summed E-state index contributed by atoms with van der Waals surface area (Å²) in [5.74, 6) is 1.86. The molecule has 0 aliphatic heterocycles. The van der Waals surface area contributed by atoms with Gasteiger partial charge in [0.2, 0.25) is 0 Å². The number of rotatable bonds is 6. The lowest BCUT2D eigenvalue weighted by Crippen LogP contribution is -2.04. The molecule has 0 radical (unpaired) electrons. The number of hydrogen-bond donors (Lipinski definition) is 0. The van der Waals surface area contributed by atoms with Gasteiger partial charge < -0.3 is 4.57 Å². The fourth-order valence-electron chi connectivity index (χ4n) is 9.88. The Morgan fingerprint density at radius 2 is 0.746 bits per heavy atom. The van der Waals surface area contributed by atoms with E-state index in [1.165, 1.54) is 54.2 Å². The molecule has 0 amide bonds. The third-order valence-corrected chi connectivity index (χ3v) is 12.8. The van der Waals surface area contributed by atoms with Crippen molar-refractivity contribution in [3.63, 3.8) is 0 Å². The molecule has 292 valence electrons. The molecular weight excluding hydrogens is 765 g/mol. The summed E-state index contributed by atoms with van der Waals surface area (Å²) in [5, 5.41) is 12.3. The van der Waals surface area contributed by atoms with Gasteiger partial charge in [-0.1, -0.05) is 200 Å². The summed E-state index contributed by atoms with van der Waals surface area (Å²) in [6.07, 6.45) is 0. The van der Waals surface area contributed by atoms with Gasteiger partial charge in [0.15, 0.2) is 17.5 Å². The third-order valence-electron chi connectivity index (χ3n) is 12.8. The van der Waals surface area contributed by atoms with E-state index in [4.69, 9.17) is 15.0 Å². The summed E-state index contributed by atoms with van der Waals surface area (Å²) >= 11 is 0. The molecule has 0 aliphatic carbocycles. The van der Waals surface area contributed by atoms with Crippen molar-refractivity contribution in [3.8, 4) is 62.1 Å². The van der Waals surface area contributed by atoms with Crippen LogP contribution in [0.25, 0.3) is 127 Å². The van der Waals surface area contributed by atoms with Crippen LogP contribution in [-0.2, 0) is 0 Å². The highest BCUT2D eigenvalue weighted by Crippen LogP contribution is 2.48. The largest absolute Gasteiger partial charge is 0.308 e. The van der Waals surface area contributed by atoms with Crippen LogP contribution in [0.4, 0.5) is 0 Å². The lowest BCUT2D eigenvalue weighted by atomic mass is 9.91. The minimum atomic E-state index is 0.616. The summed E-state index contributed by atoms with van der Waals surface area (Å²) in [5.41, 5.74) is 10.8. The van der Waals surface area contributed by atoms with Gasteiger partial charge >= 0.3 is 0 Å². The summed E-state index contributed by atoms with van der Waals surface area (Å²) in [7, 11) is 0. The second-order valence-electron chi connectivity index (χ2n) is 16.3. The van der Waals surface area contributed by atoms with Gasteiger partial charge in [-0.25, -0.2) is 15.0 Å². The highest BCUT2D eigenvalue weighted by atomic mass is 15.1. The van der Waals surface area contributed by atoms with Gasteiger partial charge in [0.25, 0.3) is 0 Å². The minimum absolute atomic E-state index is 0.616. The van der Waals surface area contributed by atoms with Gasteiger partial charge in [0.05, 0.1) is 16.7 Å². The maximum Gasteiger partial charge on any atom is 0.166 e. The van der Waals surface area contributed by atoms with Crippen molar-refractivity contribution in [2.45, 2.75) is 0 Å². The molecule has 0 N–H and O–H groups in total. The average Bonchev–Trinajstić information content (AvgIpc) is 3.69. The number of benzene rings is 11. The van der Waals surface area contributed by atoms with E-state index < -0.39 is 0 Å². The number of aromatic nitrogens is 4. The molecule has 0 atom stereocenters. The van der Waals surface area contributed by atoms with Gasteiger partial charge in [-0.2, -0.15) is 0 Å². The Bertz CT molecular complexity index is 3870. The van der Waals surface area contributed by atoms with Crippen LogP contribution < -0.4 is 0 Å². The molecule has 13 aromatic rings. The number of fused-ring (bicyclic) bond motifs is 6. The first-order chi connectivity index (χ1) is 31.2. The smallest absolute Gasteiger partial charge is 0.166 e. The van der Waals surface area contributed by atoms with Crippen molar-refractivity contribution in [1.82, 2.24) is 19.5 Å². The zero-order valence-corrected chi connectivity index (χ0v) is 34.1. The summed E-state index contributed by atoms with van der Waals surface area (Å²) in [6.45, 7) is 0. The molecule has 63 heavy (non-hydrogen) atoms. The second-order valence-corrected chi connectivity index (χ2v) is 16.3. The Hall–Kier alpha value is -8.47. The average molecular weight is 801 g/mol. The molecule has 2 aromatic heterocycles. The van der Waals surface area contributed by atoms with Gasteiger partial charge in [-0.15, -0.1) is 0 Å². The van der Waals surface area contributed by atoms with Crippen LogP contribution >= 0.6 is 0 Å². The highest BCUT2D eigenvalue weighted by Gasteiger charge is 2.25. The highest BCUT2D eigenvalue weighted by molar-refractivity contribution is 6.39. The number of nitrogens with zero attached hydrogens (tertiary/aromatic N) is 4. The van der Waals surface area contributed by atoms with E-state index in [1.807, 2.05) is 18.2 Å². The van der Waals surface area contributed by atoms with E-state index in [-0.39, 0.29) is 0 Å². The van der Waals surface area contributed by atoms with Crippen LogP contribution in [0.2, 0.25) is 0 Å². The molecule has 0 saturated heterocycles. The van der Waals surface area contributed by atoms with E-state index in [0.717, 1.165) is 55.3 Å². The zero-order valence-electron chi connectivity index (χ0n) is 34.1. The first-order valence-electron chi connectivity index (χ1n) is 21.4. The van der Waals surface area contributed by atoms with E-state index in [2.05, 4.69) is 205 Å². The SMILES string of the molecule is c1ccc(-c2ccc(-c3ccc(-c4nc(-c5ccccc5)nc(-c5ccc6ccccc6c5-n5c6cccc7c8ccccc8c8c9ccccc9cc5c8c76)n4)cc3)cc2)cc1. The Labute approximate surface area is 363 Å². The Morgan fingerprint density at radius 1 is 0.270 bits per heavy atom. The van der Waals surface area contributed by atoms with E-state index in [1.54, 1.807) is 0 Å². The molecule has 2 heterocycles. The van der Waals surface area contributed by atoms with Crippen molar-refractivity contribution in [1.29, 1.82) is 0 Å². The molecule has 0 fully saturated rings. The molecule has 0 spiro atoms.